The number of rotatable bonds is 2. The van der Waals surface area contributed by atoms with Crippen LogP contribution in [0.4, 0.5) is 4.79 Å². The molecule has 5 nitrogen and oxygen atoms in total. The van der Waals surface area contributed by atoms with Crippen molar-refractivity contribution >= 4 is 6.09 Å². The quantitative estimate of drug-likeness (QED) is 0.619. The van der Waals surface area contributed by atoms with E-state index in [0.29, 0.717) is 6.42 Å². The van der Waals surface area contributed by atoms with Crippen LogP contribution < -0.4 is 5.32 Å². The Labute approximate surface area is 89.4 Å². The number of ether oxygens (including phenoxy) is 1. The Bertz CT molecular complexity index is 236. The zero-order valence-corrected chi connectivity index (χ0v) is 9.36. The van der Waals surface area contributed by atoms with E-state index < -0.39 is 17.8 Å². The second-order valence-corrected chi connectivity index (χ2v) is 4.92. The number of aliphatic hydroxyl groups excluding tert-OH is 2. The molecule has 1 amide bonds. The monoisotopic (exact) mass is 217 g/mol. The molecule has 1 aliphatic rings. The van der Waals surface area contributed by atoms with Crippen LogP contribution >= 0.6 is 0 Å². The lowest BCUT2D eigenvalue weighted by Gasteiger charge is -2.41. The smallest absolute Gasteiger partial charge is 0.407 e. The van der Waals surface area contributed by atoms with Gasteiger partial charge in [-0.2, -0.15) is 0 Å². The zero-order valence-electron chi connectivity index (χ0n) is 9.36. The maximum Gasteiger partial charge on any atom is 0.407 e. The predicted molar refractivity (Wildman–Crippen MR) is 54.4 cm³/mol. The number of carbonyl (C=O) groups is 1. The van der Waals surface area contributed by atoms with Gasteiger partial charge < -0.3 is 20.3 Å². The Hall–Kier alpha value is -0.810. The van der Waals surface area contributed by atoms with E-state index in [-0.39, 0.29) is 18.6 Å². The minimum absolute atomic E-state index is 0.0302. The summed E-state index contributed by atoms with van der Waals surface area (Å²) in [5, 5.41) is 20.8. The molecule has 0 aromatic heterocycles. The number of aliphatic hydroxyl groups is 2. The lowest BCUT2D eigenvalue weighted by atomic mass is 9.77. The van der Waals surface area contributed by atoms with Crippen molar-refractivity contribution in [2.45, 2.75) is 44.9 Å². The molecule has 1 rings (SSSR count). The molecule has 3 N–H and O–H groups in total. The van der Waals surface area contributed by atoms with Crippen LogP contribution in [-0.4, -0.2) is 40.7 Å². The van der Waals surface area contributed by atoms with Gasteiger partial charge in [0.25, 0.3) is 0 Å². The van der Waals surface area contributed by atoms with Crippen molar-refractivity contribution in [2.24, 2.45) is 5.92 Å². The van der Waals surface area contributed by atoms with Crippen LogP contribution in [0.3, 0.4) is 0 Å². The molecule has 0 unspecified atom stereocenters. The van der Waals surface area contributed by atoms with Crippen molar-refractivity contribution < 1.29 is 19.7 Å². The van der Waals surface area contributed by atoms with Gasteiger partial charge in [0.05, 0.1) is 12.1 Å². The lowest BCUT2D eigenvalue weighted by Crippen LogP contribution is -2.58. The summed E-state index contributed by atoms with van der Waals surface area (Å²) in [5.74, 6) is -0.0625. The first-order chi connectivity index (χ1) is 6.83. The summed E-state index contributed by atoms with van der Waals surface area (Å²) in [6.07, 6.45) is -0.601. The van der Waals surface area contributed by atoms with Gasteiger partial charge in [-0.15, -0.1) is 0 Å². The number of amides is 1. The van der Waals surface area contributed by atoms with Gasteiger partial charge in [0.15, 0.2) is 0 Å². The minimum Gasteiger partial charge on any atom is -0.444 e. The first kappa shape index (κ1) is 12.3. The number of hydrogen-bond acceptors (Lipinski definition) is 4. The Balaban J connectivity index is 2.38. The molecule has 15 heavy (non-hydrogen) atoms. The van der Waals surface area contributed by atoms with Crippen LogP contribution in [0.5, 0.6) is 0 Å². The fourth-order valence-corrected chi connectivity index (χ4v) is 1.57. The van der Waals surface area contributed by atoms with Crippen LogP contribution in [0.1, 0.15) is 27.2 Å². The van der Waals surface area contributed by atoms with Crippen LogP contribution in [-0.2, 0) is 4.74 Å². The number of hydrogen-bond donors (Lipinski definition) is 3. The molecule has 5 heteroatoms. The molecule has 3 atom stereocenters. The van der Waals surface area contributed by atoms with E-state index in [0.717, 1.165) is 0 Å². The van der Waals surface area contributed by atoms with E-state index in [4.69, 9.17) is 9.84 Å². The van der Waals surface area contributed by atoms with E-state index >= 15 is 0 Å². The summed E-state index contributed by atoms with van der Waals surface area (Å²) < 4.78 is 5.04. The lowest BCUT2D eigenvalue weighted by molar-refractivity contribution is -0.0326. The second-order valence-electron chi connectivity index (χ2n) is 4.92. The Morgan fingerprint density at radius 2 is 2.13 bits per heavy atom. The number of alkyl carbamates (subject to hydrolysis) is 1. The SMILES string of the molecule is CC(C)(C)OC(=O)N[C@@H]1[C@H](CO)C[C@@H]1O. The van der Waals surface area contributed by atoms with Crippen LogP contribution in [0.25, 0.3) is 0 Å². The average molecular weight is 217 g/mol. The molecule has 0 aromatic rings. The molecule has 1 fully saturated rings. The molecule has 0 bridgehead atoms. The van der Waals surface area contributed by atoms with Gasteiger partial charge in [0.1, 0.15) is 5.60 Å². The molecule has 0 heterocycles. The first-order valence-electron chi connectivity index (χ1n) is 5.12. The van der Waals surface area contributed by atoms with Gasteiger partial charge in [0, 0.05) is 12.5 Å². The largest absolute Gasteiger partial charge is 0.444 e. The van der Waals surface area contributed by atoms with Gasteiger partial charge in [-0.25, -0.2) is 4.79 Å². The molecule has 0 radical (unpaired) electrons. The molecule has 0 aromatic carbocycles. The van der Waals surface area contributed by atoms with Crippen molar-refractivity contribution in [1.29, 1.82) is 0 Å². The van der Waals surface area contributed by atoms with Crippen molar-refractivity contribution in [1.82, 2.24) is 5.32 Å². The summed E-state index contributed by atoms with van der Waals surface area (Å²) in [7, 11) is 0. The first-order valence-corrected chi connectivity index (χ1v) is 5.12. The highest BCUT2D eigenvalue weighted by atomic mass is 16.6. The average Bonchev–Trinajstić information content (AvgIpc) is 2.07. The highest BCUT2D eigenvalue weighted by Gasteiger charge is 2.41. The normalized spacial score (nSPS) is 30.6. The van der Waals surface area contributed by atoms with E-state index in [1.54, 1.807) is 20.8 Å². The van der Waals surface area contributed by atoms with E-state index in [9.17, 15) is 9.90 Å². The zero-order chi connectivity index (χ0) is 11.6. The molecule has 0 aliphatic heterocycles. The molecular formula is C10H19NO4. The summed E-state index contributed by atoms with van der Waals surface area (Å²) in [4.78, 5) is 11.3. The standard InChI is InChI=1S/C10H19NO4/c1-10(2,3)15-9(14)11-8-6(5-12)4-7(8)13/h6-8,12-13H,4-5H2,1-3H3,(H,11,14)/t6-,7-,8+/m0/s1. The fourth-order valence-electron chi connectivity index (χ4n) is 1.57. The molecule has 0 saturated heterocycles. The maximum atomic E-state index is 11.3. The minimum atomic E-state index is -0.574. The number of nitrogens with one attached hydrogen (secondary N) is 1. The third-order valence-corrected chi connectivity index (χ3v) is 2.38. The van der Waals surface area contributed by atoms with Crippen LogP contribution in [0, 0.1) is 5.92 Å². The van der Waals surface area contributed by atoms with Crippen molar-refractivity contribution in [3.63, 3.8) is 0 Å². The van der Waals surface area contributed by atoms with E-state index in [2.05, 4.69) is 5.32 Å². The van der Waals surface area contributed by atoms with E-state index in [1.165, 1.54) is 0 Å². The predicted octanol–water partition coefficient (Wildman–Crippen LogP) is 0.253. The summed E-state index contributed by atoms with van der Waals surface area (Å²) in [5.41, 5.74) is -0.548. The maximum absolute atomic E-state index is 11.3. The third kappa shape index (κ3) is 3.35. The van der Waals surface area contributed by atoms with Gasteiger partial charge in [-0.3, -0.25) is 0 Å². The summed E-state index contributed by atoms with van der Waals surface area (Å²) in [6, 6.07) is -0.384. The van der Waals surface area contributed by atoms with Gasteiger partial charge in [-0.05, 0) is 27.2 Å². The number of carbonyl (C=O) groups excluding carboxylic acids is 1. The molecular weight excluding hydrogens is 198 g/mol. The fraction of sp³-hybridized carbons (Fsp3) is 0.900. The molecule has 1 saturated carbocycles. The second kappa shape index (κ2) is 4.37. The molecule has 0 spiro atoms. The van der Waals surface area contributed by atoms with Gasteiger partial charge in [-0.1, -0.05) is 0 Å². The van der Waals surface area contributed by atoms with Crippen LogP contribution in [0.2, 0.25) is 0 Å². The highest BCUT2D eigenvalue weighted by Crippen LogP contribution is 2.27. The van der Waals surface area contributed by atoms with E-state index in [1.807, 2.05) is 0 Å². The van der Waals surface area contributed by atoms with Crippen LogP contribution in [0.15, 0.2) is 0 Å². The highest BCUT2D eigenvalue weighted by molar-refractivity contribution is 5.68. The van der Waals surface area contributed by atoms with Crippen molar-refractivity contribution in [2.75, 3.05) is 6.61 Å². The Morgan fingerprint density at radius 1 is 1.53 bits per heavy atom. The topological polar surface area (TPSA) is 78.8 Å². The van der Waals surface area contributed by atoms with Gasteiger partial charge >= 0.3 is 6.09 Å². The Kier molecular flexibility index (Phi) is 3.57. The Morgan fingerprint density at radius 3 is 2.53 bits per heavy atom. The van der Waals surface area contributed by atoms with Gasteiger partial charge in [0.2, 0.25) is 0 Å². The van der Waals surface area contributed by atoms with Crippen molar-refractivity contribution in [3.8, 4) is 0 Å². The molecule has 88 valence electrons. The van der Waals surface area contributed by atoms with Crippen molar-refractivity contribution in [3.05, 3.63) is 0 Å². The summed E-state index contributed by atoms with van der Waals surface area (Å²) in [6.45, 7) is 5.28. The third-order valence-electron chi connectivity index (χ3n) is 2.38. The molecule has 1 aliphatic carbocycles. The summed E-state index contributed by atoms with van der Waals surface area (Å²) >= 11 is 0.